The Kier molecular flexibility index (Phi) is 5.56. The molecular formula is C23H23N5O3. The van der Waals surface area contributed by atoms with E-state index in [1.54, 1.807) is 6.20 Å². The van der Waals surface area contributed by atoms with Crippen molar-refractivity contribution in [3.8, 4) is 5.75 Å². The molecule has 31 heavy (non-hydrogen) atoms. The summed E-state index contributed by atoms with van der Waals surface area (Å²) in [5.41, 5.74) is 2.24. The van der Waals surface area contributed by atoms with Crippen LogP contribution in [0.25, 0.3) is 10.9 Å². The summed E-state index contributed by atoms with van der Waals surface area (Å²) in [4.78, 5) is 28.0. The predicted molar refractivity (Wildman–Crippen MR) is 116 cm³/mol. The standard InChI is InChI=1S/C23H23N5O3/c29-23-20(18-4-3-7-24-22(18)27-23)21-17-6-5-16(14-19(17)25-15-26-21)31-11-2-1-8-28-9-12-30-13-10-28/h1-7,14-15,20H,8-13H2,(H,24,27,29)/b2-1-. The van der Waals surface area contributed by atoms with Crippen LogP contribution in [0.5, 0.6) is 5.75 Å². The minimum Gasteiger partial charge on any atom is -0.489 e. The highest BCUT2D eigenvalue weighted by Gasteiger charge is 2.34. The number of nitrogens with zero attached hydrogens (tertiary/aromatic N) is 4. The molecule has 1 amide bonds. The molecule has 8 heteroatoms. The third-order valence-corrected chi connectivity index (χ3v) is 5.55. The van der Waals surface area contributed by atoms with E-state index in [1.807, 2.05) is 36.4 Å². The molecule has 0 radical (unpaired) electrons. The molecule has 1 fully saturated rings. The topological polar surface area (TPSA) is 89.5 Å². The number of carbonyl (C=O) groups excluding carboxylic acids is 1. The van der Waals surface area contributed by atoms with Gasteiger partial charge in [-0.2, -0.15) is 0 Å². The van der Waals surface area contributed by atoms with Crippen LogP contribution in [0, 0.1) is 0 Å². The molecule has 0 aliphatic carbocycles. The number of anilines is 1. The molecule has 1 atom stereocenters. The minimum atomic E-state index is -0.496. The first-order valence-electron chi connectivity index (χ1n) is 10.4. The van der Waals surface area contributed by atoms with Crippen molar-refractivity contribution in [3.05, 3.63) is 66.3 Å². The van der Waals surface area contributed by atoms with Gasteiger partial charge in [0.2, 0.25) is 5.91 Å². The average Bonchev–Trinajstić information content (AvgIpc) is 3.14. The molecule has 2 aliphatic heterocycles. The van der Waals surface area contributed by atoms with Crippen LogP contribution in [0.2, 0.25) is 0 Å². The largest absolute Gasteiger partial charge is 0.489 e. The summed E-state index contributed by atoms with van der Waals surface area (Å²) in [6.45, 7) is 4.93. The Balaban J connectivity index is 1.30. The number of hydrogen-bond acceptors (Lipinski definition) is 7. The molecule has 1 unspecified atom stereocenters. The lowest BCUT2D eigenvalue weighted by Crippen LogP contribution is -2.36. The Morgan fingerprint density at radius 2 is 2.06 bits per heavy atom. The van der Waals surface area contributed by atoms with Gasteiger partial charge in [-0.3, -0.25) is 9.69 Å². The summed E-state index contributed by atoms with van der Waals surface area (Å²) in [6, 6.07) is 9.42. The van der Waals surface area contributed by atoms with E-state index in [1.165, 1.54) is 6.33 Å². The van der Waals surface area contributed by atoms with Gasteiger partial charge in [-0.05, 0) is 18.2 Å². The maximum absolute atomic E-state index is 12.6. The lowest BCUT2D eigenvalue weighted by atomic mass is 9.95. The first-order chi connectivity index (χ1) is 15.3. The molecule has 0 bridgehead atoms. The lowest BCUT2D eigenvalue weighted by Gasteiger charge is -2.25. The van der Waals surface area contributed by atoms with Gasteiger partial charge in [0.05, 0.1) is 24.4 Å². The van der Waals surface area contributed by atoms with Gasteiger partial charge in [-0.1, -0.05) is 18.2 Å². The van der Waals surface area contributed by atoms with Crippen molar-refractivity contribution in [1.82, 2.24) is 19.9 Å². The van der Waals surface area contributed by atoms with E-state index in [-0.39, 0.29) is 5.91 Å². The molecule has 8 nitrogen and oxygen atoms in total. The highest BCUT2D eigenvalue weighted by molar-refractivity contribution is 6.05. The van der Waals surface area contributed by atoms with Crippen molar-refractivity contribution >= 4 is 22.6 Å². The van der Waals surface area contributed by atoms with Crippen LogP contribution in [0.15, 0.2) is 55.0 Å². The van der Waals surface area contributed by atoms with Crippen LogP contribution in [0.4, 0.5) is 5.82 Å². The number of hydrogen-bond donors (Lipinski definition) is 1. The van der Waals surface area contributed by atoms with Crippen LogP contribution >= 0.6 is 0 Å². The first-order valence-corrected chi connectivity index (χ1v) is 10.4. The van der Waals surface area contributed by atoms with Crippen LogP contribution in [-0.2, 0) is 9.53 Å². The number of rotatable bonds is 6. The second kappa shape index (κ2) is 8.79. The summed E-state index contributed by atoms with van der Waals surface area (Å²) >= 11 is 0. The van der Waals surface area contributed by atoms with Gasteiger partial charge in [0.25, 0.3) is 0 Å². The van der Waals surface area contributed by atoms with E-state index < -0.39 is 5.92 Å². The van der Waals surface area contributed by atoms with E-state index in [9.17, 15) is 4.79 Å². The smallest absolute Gasteiger partial charge is 0.239 e. The molecule has 4 heterocycles. The van der Waals surface area contributed by atoms with Gasteiger partial charge in [0.1, 0.15) is 30.4 Å². The maximum Gasteiger partial charge on any atom is 0.239 e. The number of pyridine rings is 1. The Bertz CT molecular complexity index is 1130. The van der Waals surface area contributed by atoms with Crippen molar-refractivity contribution in [2.75, 3.05) is 44.8 Å². The quantitative estimate of drug-likeness (QED) is 0.616. The fraction of sp³-hybridized carbons (Fsp3) is 0.304. The summed E-state index contributed by atoms with van der Waals surface area (Å²) < 4.78 is 11.2. The zero-order chi connectivity index (χ0) is 21.0. The van der Waals surface area contributed by atoms with Gasteiger partial charge >= 0.3 is 0 Å². The van der Waals surface area contributed by atoms with Crippen molar-refractivity contribution in [1.29, 1.82) is 0 Å². The lowest BCUT2D eigenvalue weighted by molar-refractivity contribution is -0.116. The Morgan fingerprint density at radius 1 is 1.16 bits per heavy atom. The van der Waals surface area contributed by atoms with Gasteiger partial charge in [-0.25, -0.2) is 15.0 Å². The maximum atomic E-state index is 12.6. The fourth-order valence-electron chi connectivity index (χ4n) is 3.95. The summed E-state index contributed by atoms with van der Waals surface area (Å²) in [7, 11) is 0. The predicted octanol–water partition coefficient (Wildman–Crippen LogP) is 2.38. The zero-order valence-corrected chi connectivity index (χ0v) is 17.0. The Labute approximate surface area is 179 Å². The van der Waals surface area contributed by atoms with E-state index in [0.29, 0.717) is 18.1 Å². The molecule has 1 saturated heterocycles. The summed E-state index contributed by atoms with van der Waals surface area (Å²) in [6.07, 6.45) is 7.30. The number of morpholine rings is 1. The highest BCUT2D eigenvalue weighted by Crippen LogP contribution is 2.37. The molecule has 2 aromatic heterocycles. The second-order valence-electron chi connectivity index (χ2n) is 7.50. The number of fused-ring (bicyclic) bond motifs is 2. The van der Waals surface area contributed by atoms with Crippen LogP contribution in [-0.4, -0.2) is 65.2 Å². The van der Waals surface area contributed by atoms with Crippen LogP contribution < -0.4 is 10.1 Å². The van der Waals surface area contributed by atoms with Crippen molar-refractivity contribution < 1.29 is 14.3 Å². The number of nitrogens with one attached hydrogen (secondary N) is 1. The molecule has 1 aromatic carbocycles. The summed E-state index contributed by atoms with van der Waals surface area (Å²) in [5.74, 6) is 0.697. The molecule has 5 rings (SSSR count). The van der Waals surface area contributed by atoms with Crippen molar-refractivity contribution in [2.45, 2.75) is 5.92 Å². The Hall–Kier alpha value is -3.36. The molecular weight excluding hydrogens is 394 g/mol. The number of carbonyl (C=O) groups is 1. The number of ether oxygens (including phenoxy) is 2. The van der Waals surface area contributed by atoms with Crippen molar-refractivity contribution in [2.24, 2.45) is 0 Å². The normalized spacial score (nSPS) is 19.0. The van der Waals surface area contributed by atoms with Gasteiger partial charge in [0, 0.05) is 42.8 Å². The molecule has 158 valence electrons. The minimum absolute atomic E-state index is 0.126. The zero-order valence-electron chi connectivity index (χ0n) is 17.0. The molecule has 2 aliphatic rings. The third kappa shape index (κ3) is 4.12. The van der Waals surface area contributed by atoms with Gasteiger partial charge in [-0.15, -0.1) is 0 Å². The number of benzene rings is 1. The van der Waals surface area contributed by atoms with Crippen LogP contribution in [0.3, 0.4) is 0 Å². The third-order valence-electron chi connectivity index (χ3n) is 5.55. The molecule has 1 N–H and O–H groups in total. The van der Waals surface area contributed by atoms with Crippen LogP contribution in [0.1, 0.15) is 17.2 Å². The summed E-state index contributed by atoms with van der Waals surface area (Å²) in [5, 5.41) is 3.66. The Morgan fingerprint density at radius 3 is 2.97 bits per heavy atom. The number of amides is 1. The van der Waals surface area contributed by atoms with E-state index in [0.717, 1.165) is 55.1 Å². The second-order valence-corrected chi connectivity index (χ2v) is 7.50. The highest BCUT2D eigenvalue weighted by atomic mass is 16.5. The van der Waals surface area contributed by atoms with Gasteiger partial charge in [0.15, 0.2) is 0 Å². The van der Waals surface area contributed by atoms with E-state index in [4.69, 9.17) is 9.47 Å². The molecule has 0 saturated carbocycles. The average molecular weight is 417 g/mol. The molecule has 3 aromatic rings. The fourth-order valence-corrected chi connectivity index (χ4v) is 3.95. The number of aromatic nitrogens is 3. The molecule has 0 spiro atoms. The monoisotopic (exact) mass is 417 g/mol. The van der Waals surface area contributed by atoms with Gasteiger partial charge < -0.3 is 14.8 Å². The first kappa shape index (κ1) is 19.6. The van der Waals surface area contributed by atoms with Crippen molar-refractivity contribution in [3.63, 3.8) is 0 Å². The van der Waals surface area contributed by atoms with E-state index in [2.05, 4.69) is 31.2 Å². The van der Waals surface area contributed by atoms with E-state index >= 15 is 0 Å². The SMILES string of the molecule is O=C1Nc2ncccc2C1c1ncnc2cc(OC/C=C\CN3CCOCC3)ccc12.